The van der Waals surface area contributed by atoms with Crippen LogP contribution in [0, 0.1) is 0 Å². The molecule has 2 heterocycles. The average molecular weight is 238 g/mol. The Morgan fingerprint density at radius 2 is 2.47 bits per heavy atom. The maximum Gasteiger partial charge on any atom is 0.244 e. The molecule has 2 unspecified atom stereocenters. The number of morpholine rings is 1. The zero-order valence-electron chi connectivity index (χ0n) is 10.2. The van der Waals surface area contributed by atoms with Gasteiger partial charge in [-0.25, -0.2) is 0 Å². The molecule has 1 fully saturated rings. The molecular formula is C11H18N4O2. The highest BCUT2D eigenvalue weighted by molar-refractivity contribution is 5.83. The first-order chi connectivity index (χ1) is 8.08. The minimum absolute atomic E-state index is 0.0619. The molecule has 6 heteroatoms. The molecule has 0 spiro atoms. The zero-order valence-corrected chi connectivity index (χ0v) is 10.2. The molecule has 2 rings (SSSR count). The van der Waals surface area contributed by atoms with Crippen molar-refractivity contribution in [1.29, 1.82) is 0 Å². The Labute approximate surface area is 100 Å². The number of hydrogen-bond acceptors (Lipinski definition) is 4. The summed E-state index contributed by atoms with van der Waals surface area (Å²) in [6, 6.07) is -0.631. The lowest BCUT2D eigenvalue weighted by molar-refractivity contribution is -0.139. The van der Waals surface area contributed by atoms with E-state index in [4.69, 9.17) is 10.5 Å². The highest BCUT2D eigenvalue weighted by Crippen LogP contribution is 2.14. The van der Waals surface area contributed by atoms with Crippen molar-refractivity contribution in [3.63, 3.8) is 0 Å². The van der Waals surface area contributed by atoms with E-state index in [1.54, 1.807) is 29.0 Å². The molecule has 6 nitrogen and oxygen atoms in total. The third-order valence-corrected chi connectivity index (χ3v) is 2.90. The molecule has 1 aromatic heterocycles. The van der Waals surface area contributed by atoms with E-state index < -0.39 is 6.04 Å². The van der Waals surface area contributed by atoms with Crippen molar-refractivity contribution in [2.45, 2.75) is 19.1 Å². The van der Waals surface area contributed by atoms with Crippen LogP contribution in [0.3, 0.4) is 0 Å². The lowest BCUT2D eigenvalue weighted by Crippen LogP contribution is -2.47. The van der Waals surface area contributed by atoms with Crippen molar-refractivity contribution in [3.05, 3.63) is 18.0 Å². The summed E-state index contributed by atoms with van der Waals surface area (Å²) in [5.41, 5.74) is 6.69. The van der Waals surface area contributed by atoms with E-state index in [-0.39, 0.29) is 12.0 Å². The topological polar surface area (TPSA) is 73.4 Å². The van der Waals surface area contributed by atoms with Crippen LogP contribution in [0.5, 0.6) is 0 Å². The maximum atomic E-state index is 12.2. The molecule has 17 heavy (non-hydrogen) atoms. The van der Waals surface area contributed by atoms with E-state index in [1.165, 1.54) is 0 Å². The van der Waals surface area contributed by atoms with Crippen molar-refractivity contribution < 1.29 is 9.53 Å². The third-order valence-electron chi connectivity index (χ3n) is 2.90. The maximum absolute atomic E-state index is 12.2. The molecule has 0 radical (unpaired) electrons. The van der Waals surface area contributed by atoms with E-state index in [2.05, 4.69) is 5.10 Å². The van der Waals surface area contributed by atoms with Gasteiger partial charge in [-0.15, -0.1) is 0 Å². The summed E-state index contributed by atoms with van der Waals surface area (Å²) < 4.78 is 7.04. The van der Waals surface area contributed by atoms with E-state index in [1.807, 2.05) is 6.92 Å². The highest BCUT2D eigenvalue weighted by atomic mass is 16.5. The lowest BCUT2D eigenvalue weighted by atomic mass is 10.1. The van der Waals surface area contributed by atoms with Gasteiger partial charge in [0.1, 0.15) is 6.04 Å². The van der Waals surface area contributed by atoms with E-state index >= 15 is 0 Å². The molecule has 1 saturated heterocycles. The number of amides is 1. The molecule has 1 aromatic rings. The fourth-order valence-electron chi connectivity index (χ4n) is 1.96. The number of nitrogens with zero attached hydrogens (tertiary/aromatic N) is 3. The summed E-state index contributed by atoms with van der Waals surface area (Å²) in [5, 5.41) is 4.02. The van der Waals surface area contributed by atoms with Crippen molar-refractivity contribution >= 4 is 5.91 Å². The van der Waals surface area contributed by atoms with Crippen LogP contribution < -0.4 is 5.73 Å². The molecule has 1 aliphatic rings. The van der Waals surface area contributed by atoms with Gasteiger partial charge in [-0.05, 0) is 6.92 Å². The Kier molecular flexibility index (Phi) is 3.44. The smallest absolute Gasteiger partial charge is 0.244 e. The van der Waals surface area contributed by atoms with Crippen LogP contribution in [0.4, 0.5) is 0 Å². The van der Waals surface area contributed by atoms with Crippen LogP contribution in [-0.4, -0.2) is 46.4 Å². The van der Waals surface area contributed by atoms with Gasteiger partial charge in [0.2, 0.25) is 5.91 Å². The summed E-state index contributed by atoms with van der Waals surface area (Å²) >= 11 is 0. The summed E-state index contributed by atoms with van der Waals surface area (Å²) in [4.78, 5) is 13.9. The number of aromatic nitrogens is 2. The zero-order chi connectivity index (χ0) is 12.4. The van der Waals surface area contributed by atoms with Gasteiger partial charge in [-0.1, -0.05) is 0 Å². The quantitative estimate of drug-likeness (QED) is 0.765. The fourth-order valence-corrected chi connectivity index (χ4v) is 1.96. The number of aryl methyl sites for hydroxylation is 1. The number of hydrogen-bond donors (Lipinski definition) is 1. The van der Waals surface area contributed by atoms with Crippen LogP contribution in [-0.2, 0) is 16.6 Å². The summed E-state index contributed by atoms with van der Waals surface area (Å²) in [6.07, 6.45) is 3.48. The summed E-state index contributed by atoms with van der Waals surface area (Å²) in [7, 11) is 1.80. The molecule has 0 saturated carbocycles. The van der Waals surface area contributed by atoms with Crippen LogP contribution in [0.25, 0.3) is 0 Å². The van der Waals surface area contributed by atoms with E-state index in [0.717, 1.165) is 5.56 Å². The Morgan fingerprint density at radius 3 is 3.06 bits per heavy atom. The molecule has 0 aromatic carbocycles. The molecule has 2 N–H and O–H groups in total. The standard InChI is InChI=1S/C11H18N4O2/c1-8-6-15(3-4-17-8)11(16)10(12)9-5-13-14(2)7-9/h5,7-8,10H,3-4,6,12H2,1-2H3. The van der Waals surface area contributed by atoms with Crippen LogP contribution in [0.1, 0.15) is 18.5 Å². The minimum atomic E-state index is -0.631. The minimum Gasteiger partial charge on any atom is -0.375 e. The molecular weight excluding hydrogens is 220 g/mol. The number of nitrogens with two attached hydrogens (primary N) is 1. The number of rotatable bonds is 2. The van der Waals surface area contributed by atoms with Gasteiger partial charge in [0.15, 0.2) is 0 Å². The van der Waals surface area contributed by atoms with Crippen molar-refractivity contribution in [3.8, 4) is 0 Å². The second-order valence-electron chi connectivity index (χ2n) is 4.39. The number of carbonyl (C=O) groups excluding carboxylic acids is 1. The van der Waals surface area contributed by atoms with Gasteiger partial charge in [-0.3, -0.25) is 9.48 Å². The van der Waals surface area contributed by atoms with Gasteiger partial charge >= 0.3 is 0 Å². The first-order valence-corrected chi connectivity index (χ1v) is 5.72. The third kappa shape index (κ3) is 2.65. The molecule has 1 amide bonds. The van der Waals surface area contributed by atoms with Gasteiger partial charge in [0, 0.05) is 31.9 Å². The lowest BCUT2D eigenvalue weighted by Gasteiger charge is -2.32. The second kappa shape index (κ2) is 4.85. The van der Waals surface area contributed by atoms with Crippen molar-refractivity contribution in [1.82, 2.24) is 14.7 Å². The Morgan fingerprint density at radius 1 is 1.71 bits per heavy atom. The monoisotopic (exact) mass is 238 g/mol. The molecule has 94 valence electrons. The summed E-state index contributed by atoms with van der Waals surface area (Å²) in [6.45, 7) is 3.74. The predicted octanol–water partition coefficient (Wildman–Crippen LogP) is -0.333. The van der Waals surface area contributed by atoms with Gasteiger partial charge in [-0.2, -0.15) is 5.10 Å². The predicted molar refractivity (Wildman–Crippen MR) is 62.1 cm³/mol. The molecule has 0 bridgehead atoms. The largest absolute Gasteiger partial charge is 0.375 e. The second-order valence-corrected chi connectivity index (χ2v) is 4.39. The average Bonchev–Trinajstić information content (AvgIpc) is 2.74. The van der Waals surface area contributed by atoms with Crippen molar-refractivity contribution in [2.75, 3.05) is 19.7 Å². The highest BCUT2D eigenvalue weighted by Gasteiger charge is 2.27. The SMILES string of the molecule is CC1CN(C(=O)C(N)c2cnn(C)c2)CCO1. The number of ether oxygens (including phenoxy) is 1. The van der Waals surface area contributed by atoms with Gasteiger partial charge < -0.3 is 15.4 Å². The fraction of sp³-hybridized carbons (Fsp3) is 0.636. The Bertz CT molecular complexity index is 404. The Hall–Kier alpha value is -1.40. The Balaban J connectivity index is 2.04. The van der Waals surface area contributed by atoms with Crippen LogP contribution in [0.2, 0.25) is 0 Å². The van der Waals surface area contributed by atoms with Crippen LogP contribution >= 0.6 is 0 Å². The van der Waals surface area contributed by atoms with E-state index in [9.17, 15) is 4.79 Å². The first-order valence-electron chi connectivity index (χ1n) is 5.72. The van der Waals surface area contributed by atoms with E-state index in [0.29, 0.717) is 19.7 Å². The number of carbonyl (C=O) groups is 1. The first kappa shape index (κ1) is 12.1. The summed E-state index contributed by atoms with van der Waals surface area (Å²) in [5.74, 6) is -0.0619. The van der Waals surface area contributed by atoms with Crippen molar-refractivity contribution in [2.24, 2.45) is 12.8 Å². The molecule has 2 atom stereocenters. The van der Waals surface area contributed by atoms with Gasteiger partial charge in [0.25, 0.3) is 0 Å². The van der Waals surface area contributed by atoms with Crippen LogP contribution in [0.15, 0.2) is 12.4 Å². The molecule has 1 aliphatic heterocycles. The molecule has 0 aliphatic carbocycles. The van der Waals surface area contributed by atoms with Gasteiger partial charge in [0.05, 0.1) is 18.9 Å². The normalized spacial score (nSPS) is 22.5.